The van der Waals surface area contributed by atoms with Gasteiger partial charge in [0.25, 0.3) is 11.5 Å². The number of carbonyl (C=O) groups excluding carboxylic acids is 1. The Labute approximate surface area is 102 Å². The summed E-state index contributed by atoms with van der Waals surface area (Å²) < 4.78 is 0. The molecule has 0 aliphatic carbocycles. The number of anilines is 3. The number of carbonyl (C=O) groups is 1. The molecule has 1 amide bonds. The van der Waals surface area contributed by atoms with Gasteiger partial charge in [-0.1, -0.05) is 0 Å². The van der Waals surface area contributed by atoms with Crippen LogP contribution in [0.1, 0.15) is 10.4 Å². The highest BCUT2D eigenvalue weighted by molar-refractivity contribution is 6.04. The summed E-state index contributed by atoms with van der Waals surface area (Å²) in [5, 5.41) is 8.38. The minimum absolute atomic E-state index is 0.237. The third-order valence-electron chi connectivity index (χ3n) is 2.16. The quantitative estimate of drug-likeness (QED) is 0.561. The first kappa shape index (κ1) is 11.6. The van der Waals surface area contributed by atoms with Crippen molar-refractivity contribution in [3.05, 3.63) is 46.2 Å². The third kappa shape index (κ3) is 2.64. The van der Waals surface area contributed by atoms with E-state index in [-0.39, 0.29) is 11.4 Å². The van der Waals surface area contributed by atoms with Crippen LogP contribution in [0.5, 0.6) is 0 Å². The normalized spacial score (nSPS) is 10.0. The summed E-state index contributed by atoms with van der Waals surface area (Å²) in [6.45, 7) is 0. The molecule has 0 bridgehead atoms. The van der Waals surface area contributed by atoms with Crippen molar-refractivity contribution >= 4 is 23.1 Å². The molecule has 0 fully saturated rings. The van der Waals surface area contributed by atoms with Crippen molar-refractivity contribution in [1.82, 2.24) is 10.2 Å². The molecule has 92 valence electrons. The fourth-order valence-corrected chi connectivity index (χ4v) is 1.41. The molecule has 0 unspecified atom stereocenters. The first-order valence-electron chi connectivity index (χ1n) is 5.08. The Kier molecular flexibility index (Phi) is 2.96. The number of aromatic nitrogens is 2. The number of nitrogen functional groups attached to an aromatic ring is 2. The fourth-order valence-electron chi connectivity index (χ4n) is 1.41. The van der Waals surface area contributed by atoms with Gasteiger partial charge in [0.15, 0.2) is 5.82 Å². The average Bonchev–Trinajstić information content (AvgIpc) is 2.31. The fraction of sp³-hybridized carbons (Fsp3) is 0. The van der Waals surface area contributed by atoms with Crippen LogP contribution in [0, 0.1) is 0 Å². The number of nitrogens with one attached hydrogen (secondary N) is 2. The second-order valence-electron chi connectivity index (χ2n) is 3.65. The molecule has 18 heavy (non-hydrogen) atoms. The highest BCUT2D eigenvalue weighted by atomic mass is 16.2. The van der Waals surface area contributed by atoms with Crippen molar-refractivity contribution in [3.8, 4) is 0 Å². The average molecular weight is 245 g/mol. The summed E-state index contributed by atoms with van der Waals surface area (Å²) in [5.41, 5.74) is 11.9. The number of nitrogens with zero attached hydrogens (tertiary/aromatic N) is 1. The predicted molar refractivity (Wildman–Crippen MR) is 68.1 cm³/mol. The van der Waals surface area contributed by atoms with Crippen LogP contribution in [-0.4, -0.2) is 16.1 Å². The maximum Gasteiger partial charge on any atom is 0.264 e. The first-order valence-corrected chi connectivity index (χ1v) is 5.08. The zero-order valence-corrected chi connectivity index (χ0v) is 9.31. The molecule has 0 radical (unpaired) electrons. The molecule has 0 saturated carbocycles. The molecule has 7 nitrogen and oxygen atoms in total. The van der Waals surface area contributed by atoms with E-state index in [1.165, 1.54) is 24.3 Å². The molecule has 6 N–H and O–H groups in total. The van der Waals surface area contributed by atoms with E-state index in [1.54, 1.807) is 6.07 Å². The van der Waals surface area contributed by atoms with Crippen LogP contribution in [-0.2, 0) is 0 Å². The van der Waals surface area contributed by atoms with Gasteiger partial charge in [-0.3, -0.25) is 9.59 Å². The molecule has 0 saturated heterocycles. The Morgan fingerprint density at radius 1 is 1.17 bits per heavy atom. The van der Waals surface area contributed by atoms with Crippen molar-refractivity contribution in [2.45, 2.75) is 0 Å². The number of hydrogen-bond donors (Lipinski definition) is 4. The van der Waals surface area contributed by atoms with E-state index in [9.17, 15) is 9.59 Å². The largest absolute Gasteiger partial charge is 0.399 e. The lowest BCUT2D eigenvalue weighted by atomic mass is 10.1. The number of aromatic amines is 1. The zero-order valence-electron chi connectivity index (χ0n) is 9.31. The highest BCUT2D eigenvalue weighted by Gasteiger charge is 2.08. The standard InChI is InChI=1S/C11H11N5O2/c12-7-3-6(4-8(13)5-7)11(18)14-9-1-2-10(17)16-15-9/h1-5H,12-13H2,(H,16,17)(H,14,15,18). The van der Waals surface area contributed by atoms with Gasteiger partial charge >= 0.3 is 0 Å². The molecule has 7 heteroatoms. The molecule has 1 aromatic carbocycles. The van der Waals surface area contributed by atoms with Crippen molar-refractivity contribution in [1.29, 1.82) is 0 Å². The Bertz CT molecular complexity index is 609. The molecule has 0 atom stereocenters. The lowest BCUT2D eigenvalue weighted by Crippen LogP contribution is -2.16. The van der Waals surface area contributed by atoms with E-state index in [0.717, 1.165) is 0 Å². The van der Waals surface area contributed by atoms with Gasteiger partial charge in [0.2, 0.25) is 0 Å². The molecule has 1 heterocycles. The minimum atomic E-state index is -0.409. The Balaban J connectivity index is 2.21. The van der Waals surface area contributed by atoms with Crippen LogP contribution < -0.4 is 22.3 Å². The Hall–Kier alpha value is -2.83. The molecule has 0 spiro atoms. The number of hydrogen-bond acceptors (Lipinski definition) is 5. The smallest absolute Gasteiger partial charge is 0.264 e. The van der Waals surface area contributed by atoms with Gasteiger partial charge in [0.1, 0.15) is 0 Å². The van der Waals surface area contributed by atoms with Crippen molar-refractivity contribution < 1.29 is 4.79 Å². The number of benzene rings is 1. The van der Waals surface area contributed by atoms with Gasteiger partial charge in [0, 0.05) is 23.0 Å². The highest BCUT2D eigenvalue weighted by Crippen LogP contribution is 2.14. The van der Waals surface area contributed by atoms with Gasteiger partial charge in [-0.05, 0) is 24.3 Å². The molecular formula is C11H11N5O2. The zero-order chi connectivity index (χ0) is 13.1. The van der Waals surface area contributed by atoms with E-state index in [4.69, 9.17) is 11.5 Å². The summed E-state index contributed by atoms with van der Waals surface area (Å²) in [4.78, 5) is 22.7. The summed E-state index contributed by atoms with van der Waals surface area (Å²) >= 11 is 0. The number of rotatable bonds is 2. The van der Waals surface area contributed by atoms with E-state index < -0.39 is 5.91 Å². The minimum Gasteiger partial charge on any atom is -0.399 e. The SMILES string of the molecule is Nc1cc(N)cc(C(=O)Nc2ccc(=O)[nH]n2)c1. The van der Waals surface area contributed by atoms with Gasteiger partial charge in [-0.2, -0.15) is 5.10 Å². The topological polar surface area (TPSA) is 127 Å². The van der Waals surface area contributed by atoms with Crippen LogP contribution in [0.25, 0.3) is 0 Å². The maximum atomic E-state index is 11.8. The predicted octanol–water partition coefficient (Wildman–Crippen LogP) is 0.187. The summed E-state index contributed by atoms with van der Waals surface area (Å²) in [7, 11) is 0. The Morgan fingerprint density at radius 2 is 1.83 bits per heavy atom. The van der Waals surface area contributed by atoms with Gasteiger partial charge < -0.3 is 16.8 Å². The van der Waals surface area contributed by atoms with Crippen LogP contribution >= 0.6 is 0 Å². The number of amides is 1. The summed E-state index contributed by atoms with van der Waals surface area (Å²) in [6, 6.07) is 7.20. The second kappa shape index (κ2) is 4.58. The lowest BCUT2D eigenvalue weighted by molar-refractivity contribution is 0.102. The van der Waals surface area contributed by atoms with Crippen molar-refractivity contribution in [3.63, 3.8) is 0 Å². The number of H-pyrrole nitrogens is 1. The van der Waals surface area contributed by atoms with E-state index in [1.807, 2.05) is 0 Å². The van der Waals surface area contributed by atoms with Gasteiger partial charge in [0.05, 0.1) is 0 Å². The van der Waals surface area contributed by atoms with E-state index in [0.29, 0.717) is 16.9 Å². The van der Waals surface area contributed by atoms with Crippen molar-refractivity contribution in [2.24, 2.45) is 0 Å². The van der Waals surface area contributed by atoms with Crippen LogP contribution in [0.15, 0.2) is 35.1 Å². The van der Waals surface area contributed by atoms with Crippen LogP contribution in [0.4, 0.5) is 17.2 Å². The monoisotopic (exact) mass is 245 g/mol. The Morgan fingerprint density at radius 3 is 2.39 bits per heavy atom. The van der Waals surface area contributed by atoms with E-state index >= 15 is 0 Å². The maximum absolute atomic E-state index is 11.8. The first-order chi connectivity index (χ1) is 8.54. The summed E-state index contributed by atoms with van der Waals surface area (Å²) in [6.07, 6.45) is 0. The number of nitrogens with two attached hydrogens (primary N) is 2. The molecule has 1 aromatic heterocycles. The molecule has 2 rings (SSSR count). The molecule has 0 aliphatic heterocycles. The summed E-state index contributed by atoms with van der Waals surface area (Å²) in [5.74, 6) is -0.172. The van der Waals surface area contributed by atoms with Gasteiger partial charge in [-0.25, -0.2) is 5.10 Å². The van der Waals surface area contributed by atoms with E-state index in [2.05, 4.69) is 15.5 Å². The molecule has 2 aromatic rings. The molecule has 0 aliphatic rings. The molecular weight excluding hydrogens is 234 g/mol. The van der Waals surface area contributed by atoms with Gasteiger partial charge in [-0.15, -0.1) is 0 Å². The third-order valence-corrected chi connectivity index (χ3v) is 2.16. The van der Waals surface area contributed by atoms with Crippen molar-refractivity contribution in [2.75, 3.05) is 16.8 Å². The van der Waals surface area contributed by atoms with Crippen LogP contribution in [0.2, 0.25) is 0 Å². The second-order valence-corrected chi connectivity index (χ2v) is 3.65. The lowest BCUT2D eigenvalue weighted by Gasteiger charge is -2.05. The van der Waals surface area contributed by atoms with Crippen LogP contribution in [0.3, 0.4) is 0 Å².